The maximum absolute atomic E-state index is 12.6. The predicted molar refractivity (Wildman–Crippen MR) is 94.7 cm³/mol. The summed E-state index contributed by atoms with van der Waals surface area (Å²) < 4.78 is 5.60. The fourth-order valence-electron chi connectivity index (χ4n) is 3.20. The van der Waals surface area contributed by atoms with Crippen LogP contribution in [-0.2, 0) is 6.42 Å². The third kappa shape index (κ3) is 3.67. The average molecular weight is 360 g/mol. The molecule has 128 valence electrons. The number of carbonyl (C=O) groups excluding carboxylic acids is 1. The van der Waals surface area contributed by atoms with Gasteiger partial charge in [0, 0.05) is 25.1 Å². The lowest BCUT2D eigenvalue weighted by Gasteiger charge is -2.32. The van der Waals surface area contributed by atoms with E-state index in [0.29, 0.717) is 35.1 Å². The van der Waals surface area contributed by atoms with E-state index in [1.54, 1.807) is 6.07 Å². The molecule has 2 heterocycles. The summed E-state index contributed by atoms with van der Waals surface area (Å²) in [7, 11) is 0. The molecule has 0 spiro atoms. The van der Waals surface area contributed by atoms with Gasteiger partial charge in [0.1, 0.15) is 5.75 Å². The summed E-state index contributed by atoms with van der Waals surface area (Å²) >= 11 is 6.16. The summed E-state index contributed by atoms with van der Waals surface area (Å²) in [4.78, 5) is 14.9. The van der Waals surface area contributed by atoms with E-state index >= 15 is 0 Å². The van der Waals surface area contributed by atoms with Crippen LogP contribution in [0.25, 0.3) is 0 Å². The van der Waals surface area contributed by atoms with Crippen LogP contribution in [0.4, 0.5) is 5.69 Å². The Bertz CT molecular complexity index is 589. The van der Waals surface area contributed by atoms with Gasteiger partial charge in [0.05, 0.1) is 29.0 Å². The first-order valence-electron chi connectivity index (χ1n) is 7.86. The number of piperidine rings is 1. The topological polar surface area (TPSA) is 67.6 Å². The number of rotatable bonds is 3. The standard InChI is InChI=1S/C16H22ClN3O2.ClH/c1-10(20-6-3-2-4-7-20)19-16(21)12-9-13(17)14(18)11-5-8-22-15(11)12;/h9-10H,2-8,18H2,1H3,(H,19,21);1H. The van der Waals surface area contributed by atoms with Crippen molar-refractivity contribution in [2.75, 3.05) is 25.4 Å². The number of nitrogens with one attached hydrogen (secondary N) is 1. The Morgan fingerprint density at radius 3 is 2.78 bits per heavy atom. The molecule has 1 amide bonds. The second-order valence-corrected chi connectivity index (χ2v) is 6.38. The second kappa shape index (κ2) is 7.60. The minimum Gasteiger partial charge on any atom is -0.492 e. The Kier molecular flexibility index (Phi) is 6.00. The SMILES string of the molecule is CC(NC(=O)c1cc(Cl)c(N)c2c1OCC2)N1CCCCC1.Cl. The summed E-state index contributed by atoms with van der Waals surface area (Å²) in [6, 6.07) is 1.61. The maximum atomic E-state index is 12.6. The van der Waals surface area contributed by atoms with E-state index in [1.807, 2.05) is 6.92 Å². The molecule has 2 aliphatic rings. The van der Waals surface area contributed by atoms with Crippen molar-refractivity contribution in [3.05, 3.63) is 22.2 Å². The Balaban J connectivity index is 0.00000192. The van der Waals surface area contributed by atoms with Gasteiger partial charge in [0.25, 0.3) is 5.91 Å². The van der Waals surface area contributed by atoms with Gasteiger partial charge in [-0.15, -0.1) is 12.4 Å². The fourth-order valence-corrected chi connectivity index (χ4v) is 3.42. The Morgan fingerprint density at radius 2 is 2.09 bits per heavy atom. The molecular weight excluding hydrogens is 337 g/mol. The van der Waals surface area contributed by atoms with E-state index in [4.69, 9.17) is 22.1 Å². The minimum atomic E-state index is -0.155. The van der Waals surface area contributed by atoms with E-state index < -0.39 is 0 Å². The van der Waals surface area contributed by atoms with Crippen LogP contribution in [0.2, 0.25) is 5.02 Å². The van der Waals surface area contributed by atoms with Crippen LogP contribution in [0.3, 0.4) is 0 Å². The van der Waals surface area contributed by atoms with Gasteiger partial charge in [-0.25, -0.2) is 0 Å². The van der Waals surface area contributed by atoms with Gasteiger partial charge in [0.15, 0.2) is 0 Å². The highest BCUT2D eigenvalue weighted by Crippen LogP contribution is 2.38. The fraction of sp³-hybridized carbons (Fsp3) is 0.562. The number of ether oxygens (including phenoxy) is 1. The van der Waals surface area contributed by atoms with Crippen molar-refractivity contribution in [1.29, 1.82) is 0 Å². The van der Waals surface area contributed by atoms with Gasteiger partial charge in [0.2, 0.25) is 0 Å². The van der Waals surface area contributed by atoms with Crippen LogP contribution in [0.1, 0.15) is 42.1 Å². The molecule has 1 fully saturated rings. The largest absolute Gasteiger partial charge is 0.492 e. The first kappa shape index (κ1) is 18.2. The van der Waals surface area contributed by atoms with Gasteiger partial charge in [-0.2, -0.15) is 0 Å². The molecule has 3 rings (SSSR count). The number of fused-ring (bicyclic) bond motifs is 1. The number of hydrogen-bond acceptors (Lipinski definition) is 4. The van der Waals surface area contributed by atoms with Crippen molar-refractivity contribution in [3.8, 4) is 5.75 Å². The quantitative estimate of drug-likeness (QED) is 0.814. The zero-order valence-corrected chi connectivity index (χ0v) is 14.8. The number of amides is 1. The number of nitrogens with two attached hydrogens (primary N) is 1. The highest BCUT2D eigenvalue weighted by molar-refractivity contribution is 6.33. The maximum Gasteiger partial charge on any atom is 0.256 e. The molecule has 7 heteroatoms. The van der Waals surface area contributed by atoms with E-state index in [0.717, 1.165) is 18.7 Å². The van der Waals surface area contributed by atoms with E-state index in [1.165, 1.54) is 19.3 Å². The number of carbonyl (C=O) groups is 1. The molecule has 1 aromatic carbocycles. The summed E-state index contributed by atoms with van der Waals surface area (Å²) in [6.45, 7) is 4.61. The molecule has 1 atom stereocenters. The number of nitrogen functional groups attached to an aromatic ring is 1. The monoisotopic (exact) mass is 359 g/mol. The molecule has 0 bridgehead atoms. The van der Waals surface area contributed by atoms with Crippen LogP contribution < -0.4 is 15.8 Å². The molecule has 0 radical (unpaired) electrons. The molecule has 0 aliphatic carbocycles. The Labute approximate surface area is 147 Å². The van der Waals surface area contributed by atoms with Gasteiger partial charge in [-0.05, 0) is 25.8 Å². The minimum absolute atomic E-state index is 0. The predicted octanol–water partition coefficient (Wildman–Crippen LogP) is 2.84. The number of hydrogen-bond donors (Lipinski definition) is 2. The molecule has 23 heavy (non-hydrogen) atoms. The third-order valence-electron chi connectivity index (χ3n) is 4.49. The third-order valence-corrected chi connectivity index (χ3v) is 4.81. The molecule has 1 unspecified atom stereocenters. The normalized spacial score (nSPS) is 18.5. The average Bonchev–Trinajstić information content (AvgIpc) is 3.01. The van der Waals surface area contributed by atoms with Crippen molar-refractivity contribution >= 4 is 35.6 Å². The van der Waals surface area contributed by atoms with Crippen molar-refractivity contribution in [1.82, 2.24) is 10.2 Å². The van der Waals surface area contributed by atoms with Crippen LogP contribution >= 0.6 is 24.0 Å². The second-order valence-electron chi connectivity index (χ2n) is 5.97. The van der Waals surface area contributed by atoms with Gasteiger partial charge < -0.3 is 15.8 Å². The van der Waals surface area contributed by atoms with Gasteiger partial charge in [-0.3, -0.25) is 9.69 Å². The van der Waals surface area contributed by atoms with Gasteiger partial charge in [-0.1, -0.05) is 18.0 Å². The number of likely N-dealkylation sites (tertiary alicyclic amines) is 1. The zero-order chi connectivity index (χ0) is 15.7. The Hall–Kier alpha value is -1.17. The molecule has 0 aromatic heterocycles. The van der Waals surface area contributed by atoms with Crippen LogP contribution in [0, 0.1) is 0 Å². The lowest BCUT2D eigenvalue weighted by molar-refractivity contribution is 0.0836. The molecule has 0 saturated carbocycles. The molecule has 2 aliphatic heterocycles. The number of halogens is 2. The smallest absolute Gasteiger partial charge is 0.256 e. The molecule has 5 nitrogen and oxygen atoms in total. The van der Waals surface area contributed by atoms with Crippen molar-refractivity contribution in [2.24, 2.45) is 0 Å². The zero-order valence-electron chi connectivity index (χ0n) is 13.2. The van der Waals surface area contributed by atoms with Crippen molar-refractivity contribution in [3.63, 3.8) is 0 Å². The van der Waals surface area contributed by atoms with Crippen LogP contribution in [-0.4, -0.2) is 36.7 Å². The van der Waals surface area contributed by atoms with E-state index in [2.05, 4.69) is 10.2 Å². The molecular formula is C16H23Cl2N3O2. The molecule has 3 N–H and O–H groups in total. The number of anilines is 1. The summed E-state index contributed by atoms with van der Waals surface area (Å²) in [5.74, 6) is 0.434. The van der Waals surface area contributed by atoms with Crippen LogP contribution in [0.15, 0.2) is 6.07 Å². The van der Waals surface area contributed by atoms with Gasteiger partial charge >= 0.3 is 0 Å². The first-order valence-corrected chi connectivity index (χ1v) is 8.24. The highest BCUT2D eigenvalue weighted by Gasteiger charge is 2.27. The van der Waals surface area contributed by atoms with Crippen molar-refractivity contribution in [2.45, 2.75) is 38.8 Å². The Morgan fingerprint density at radius 1 is 1.39 bits per heavy atom. The van der Waals surface area contributed by atoms with Crippen LogP contribution in [0.5, 0.6) is 5.75 Å². The summed E-state index contributed by atoms with van der Waals surface area (Å²) in [6.07, 6.45) is 4.34. The first-order chi connectivity index (χ1) is 10.6. The molecule has 1 aromatic rings. The number of nitrogens with zero attached hydrogens (tertiary/aromatic N) is 1. The lowest BCUT2D eigenvalue weighted by Crippen LogP contribution is -2.48. The lowest BCUT2D eigenvalue weighted by atomic mass is 10.0. The van der Waals surface area contributed by atoms with E-state index in [9.17, 15) is 4.79 Å². The highest BCUT2D eigenvalue weighted by atomic mass is 35.5. The summed E-state index contributed by atoms with van der Waals surface area (Å²) in [5, 5.41) is 3.47. The van der Waals surface area contributed by atoms with Crippen molar-refractivity contribution < 1.29 is 9.53 Å². The molecule has 1 saturated heterocycles. The summed E-state index contributed by atoms with van der Waals surface area (Å²) in [5.41, 5.74) is 7.82. The number of benzene rings is 1. The van der Waals surface area contributed by atoms with E-state index in [-0.39, 0.29) is 24.5 Å².